The summed E-state index contributed by atoms with van der Waals surface area (Å²) in [5, 5.41) is 14.5. The van der Waals surface area contributed by atoms with E-state index in [1.54, 1.807) is 12.1 Å². The van der Waals surface area contributed by atoms with Crippen molar-refractivity contribution in [1.29, 1.82) is 0 Å². The van der Waals surface area contributed by atoms with E-state index < -0.39 is 0 Å². The van der Waals surface area contributed by atoms with Gasteiger partial charge in [0.25, 0.3) is 0 Å². The van der Waals surface area contributed by atoms with Crippen LogP contribution >= 0.6 is 11.6 Å². The summed E-state index contributed by atoms with van der Waals surface area (Å²) in [6.07, 6.45) is 0. The number of aryl methyl sites for hydroxylation is 1. The SMILES string of the molecule is Cc1ccccc1-c1nc2ccc(Cl)nn2c1O. The van der Waals surface area contributed by atoms with Crippen LogP contribution in [0.4, 0.5) is 0 Å². The topological polar surface area (TPSA) is 50.4 Å². The Kier molecular flexibility index (Phi) is 2.45. The number of nitrogens with zero attached hydrogens (tertiary/aromatic N) is 3. The van der Waals surface area contributed by atoms with Crippen LogP contribution in [0.15, 0.2) is 36.4 Å². The standard InChI is InChI=1S/C13H10ClN3O/c1-8-4-2-3-5-9(8)12-13(18)17-11(15-12)7-6-10(14)16-17/h2-7,18H,1H3. The first kappa shape index (κ1) is 11.0. The second-order valence-electron chi connectivity index (χ2n) is 4.02. The van der Waals surface area contributed by atoms with Crippen molar-refractivity contribution < 1.29 is 5.11 Å². The molecule has 2 heterocycles. The van der Waals surface area contributed by atoms with Gasteiger partial charge in [0.2, 0.25) is 5.88 Å². The molecule has 4 nitrogen and oxygen atoms in total. The van der Waals surface area contributed by atoms with E-state index in [4.69, 9.17) is 11.6 Å². The van der Waals surface area contributed by atoms with E-state index in [0.717, 1.165) is 11.1 Å². The zero-order chi connectivity index (χ0) is 12.7. The van der Waals surface area contributed by atoms with Crippen molar-refractivity contribution in [2.45, 2.75) is 6.92 Å². The summed E-state index contributed by atoms with van der Waals surface area (Å²) in [7, 11) is 0. The number of hydrogen-bond acceptors (Lipinski definition) is 3. The molecule has 2 aromatic heterocycles. The summed E-state index contributed by atoms with van der Waals surface area (Å²) < 4.78 is 1.34. The van der Waals surface area contributed by atoms with Crippen molar-refractivity contribution >= 4 is 17.2 Å². The van der Waals surface area contributed by atoms with E-state index >= 15 is 0 Å². The number of benzene rings is 1. The van der Waals surface area contributed by atoms with Gasteiger partial charge in [-0.3, -0.25) is 0 Å². The number of imidazole rings is 1. The fourth-order valence-corrected chi connectivity index (χ4v) is 2.06. The minimum Gasteiger partial charge on any atom is -0.492 e. The van der Waals surface area contributed by atoms with E-state index in [1.165, 1.54) is 4.52 Å². The highest BCUT2D eigenvalue weighted by Crippen LogP contribution is 2.31. The van der Waals surface area contributed by atoms with Gasteiger partial charge in [-0.15, -0.1) is 0 Å². The average molecular weight is 260 g/mol. The smallest absolute Gasteiger partial charge is 0.241 e. The molecule has 0 aliphatic heterocycles. The molecule has 3 aromatic rings. The minimum absolute atomic E-state index is 0.00167. The van der Waals surface area contributed by atoms with Crippen LogP contribution in [0.25, 0.3) is 16.9 Å². The molecule has 18 heavy (non-hydrogen) atoms. The van der Waals surface area contributed by atoms with Gasteiger partial charge in [-0.25, -0.2) is 4.98 Å². The number of aromatic hydroxyl groups is 1. The van der Waals surface area contributed by atoms with E-state index in [-0.39, 0.29) is 5.88 Å². The minimum atomic E-state index is 0.00167. The van der Waals surface area contributed by atoms with Crippen molar-refractivity contribution in [2.24, 2.45) is 0 Å². The quantitative estimate of drug-likeness (QED) is 0.731. The summed E-state index contributed by atoms with van der Waals surface area (Å²) in [6.45, 7) is 1.97. The Bertz CT molecular complexity index is 736. The van der Waals surface area contributed by atoms with Crippen molar-refractivity contribution in [1.82, 2.24) is 14.6 Å². The second kappa shape index (κ2) is 3.99. The third-order valence-corrected chi connectivity index (χ3v) is 3.02. The van der Waals surface area contributed by atoms with E-state index in [2.05, 4.69) is 10.1 Å². The van der Waals surface area contributed by atoms with Crippen LogP contribution in [0.5, 0.6) is 5.88 Å². The van der Waals surface area contributed by atoms with Gasteiger partial charge in [0.15, 0.2) is 5.65 Å². The maximum Gasteiger partial charge on any atom is 0.241 e. The maximum atomic E-state index is 10.2. The molecule has 0 unspecified atom stereocenters. The van der Waals surface area contributed by atoms with Crippen LogP contribution in [0, 0.1) is 6.92 Å². The molecule has 90 valence electrons. The number of fused-ring (bicyclic) bond motifs is 1. The molecule has 5 heteroatoms. The normalized spacial score (nSPS) is 11.0. The molecule has 3 rings (SSSR count). The molecule has 0 atom stereocenters. The first-order valence-electron chi connectivity index (χ1n) is 5.47. The van der Waals surface area contributed by atoms with Gasteiger partial charge in [0.1, 0.15) is 10.8 Å². The van der Waals surface area contributed by atoms with Crippen LogP contribution in [0.2, 0.25) is 5.15 Å². The Balaban J connectivity index is 2.31. The lowest BCUT2D eigenvalue weighted by Crippen LogP contribution is -1.90. The van der Waals surface area contributed by atoms with Crippen LogP contribution < -0.4 is 0 Å². The Morgan fingerprint density at radius 3 is 2.72 bits per heavy atom. The number of hydrogen-bond donors (Lipinski definition) is 1. The molecular formula is C13H10ClN3O. The number of halogens is 1. The molecule has 1 N–H and O–H groups in total. The first-order valence-corrected chi connectivity index (χ1v) is 5.85. The van der Waals surface area contributed by atoms with E-state index in [0.29, 0.717) is 16.5 Å². The molecule has 0 amide bonds. The monoisotopic (exact) mass is 259 g/mol. The maximum absolute atomic E-state index is 10.2. The molecule has 0 saturated heterocycles. The fourth-order valence-electron chi connectivity index (χ4n) is 1.92. The molecule has 0 fully saturated rings. The lowest BCUT2D eigenvalue weighted by molar-refractivity contribution is 0.441. The van der Waals surface area contributed by atoms with Crippen molar-refractivity contribution in [2.75, 3.05) is 0 Å². The first-order chi connectivity index (χ1) is 8.66. The van der Waals surface area contributed by atoms with Gasteiger partial charge in [-0.1, -0.05) is 35.9 Å². The van der Waals surface area contributed by atoms with Gasteiger partial charge in [-0.2, -0.15) is 9.61 Å². The van der Waals surface area contributed by atoms with Crippen LogP contribution in [0.1, 0.15) is 5.56 Å². The summed E-state index contributed by atoms with van der Waals surface area (Å²) >= 11 is 5.81. The molecule has 0 bridgehead atoms. The predicted octanol–water partition coefficient (Wildman–Crippen LogP) is 3.06. The zero-order valence-corrected chi connectivity index (χ0v) is 10.4. The van der Waals surface area contributed by atoms with Gasteiger partial charge in [0, 0.05) is 5.56 Å². The lowest BCUT2D eigenvalue weighted by atomic mass is 10.1. The molecule has 1 aromatic carbocycles. The van der Waals surface area contributed by atoms with Crippen molar-refractivity contribution in [3.63, 3.8) is 0 Å². The molecule has 0 aliphatic rings. The predicted molar refractivity (Wildman–Crippen MR) is 69.8 cm³/mol. The molecule has 0 saturated carbocycles. The Morgan fingerprint density at radius 2 is 1.94 bits per heavy atom. The lowest BCUT2D eigenvalue weighted by Gasteiger charge is -2.01. The van der Waals surface area contributed by atoms with Crippen LogP contribution in [-0.2, 0) is 0 Å². The summed E-state index contributed by atoms with van der Waals surface area (Å²) in [4.78, 5) is 4.38. The Hall–Kier alpha value is -2.07. The van der Waals surface area contributed by atoms with E-state index in [9.17, 15) is 5.11 Å². The highest BCUT2D eigenvalue weighted by Gasteiger charge is 2.15. The molecular weight excluding hydrogens is 250 g/mol. The third kappa shape index (κ3) is 1.62. The van der Waals surface area contributed by atoms with Gasteiger partial charge in [0.05, 0.1) is 0 Å². The van der Waals surface area contributed by atoms with Crippen molar-refractivity contribution in [3.8, 4) is 17.1 Å². The Morgan fingerprint density at radius 1 is 1.17 bits per heavy atom. The second-order valence-corrected chi connectivity index (χ2v) is 4.41. The highest BCUT2D eigenvalue weighted by atomic mass is 35.5. The van der Waals surface area contributed by atoms with Gasteiger partial charge >= 0.3 is 0 Å². The number of rotatable bonds is 1. The Labute approximate surface area is 108 Å². The van der Waals surface area contributed by atoms with Gasteiger partial charge < -0.3 is 5.11 Å². The largest absolute Gasteiger partial charge is 0.492 e. The highest BCUT2D eigenvalue weighted by molar-refractivity contribution is 6.29. The molecule has 0 radical (unpaired) electrons. The van der Waals surface area contributed by atoms with Crippen LogP contribution in [-0.4, -0.2) is 19.7 Å². The van der Waals surface area contributed by atoms with E-state index in [1.807, 2.05) is 31.2 Å². The average Bonchev–Trinajstić information content (AvgIpc) is 2.68. The number of aromatic nitrogens is 3. The zero-order valence-electron chi connectivity index (χ0n) is 9.63. The third-order valence-electron chi connectivity index (χ3n) is 2.82. The molecule has 0 aliphatic carbocycles. The van der Waals surface area contributed by atoms with Gasteiger partial charge in [-0.05, 0) is 24.6 Å². The fraction of sp³-hybridized carbons (Fsp3) is 0.0769. The van der Waals surface area contributed by atoms with Crippen molar-refractivity contribution in [3.05, 3.63) is 47.1 Å². The summed E-state index contributed by atoms with van der Waals surface area (Å²) in [6, 6.07) is 11.1. The summed E-state index contributed by atoms with van der Waals surface area (Å²) in [5.74, 6) is 0.00167. The molecule has 0 spiro atoms. The van der Waals surface area contributed by atoms with Crippen LogP contribution in [0.3, 0.4) is 0 Å². The summed E-state index contributed by atoms with van der Waals surface area (Å²) in [5.41, 5.74) is 3.01.